The van der Waals surface area contributed by atoms with E-state index >= 15 is 0 Å². The summed E-state index contributed by atoms with van der Waals surface area (Å²) in [5, 5.41) is 0. The smallest absolute Gasteiger partial charge is 0.0448 e. The summed E-state index contributed by atoms with van der Waals surface area (Å²) in [5.41, 5.74) is 2.77. The van der Waals surface area contributed by atoms with Gasteiger partial charge in [0.2, 0.25) is 0 Å². The largest absolute Gasteiger partial charge is 0.293 e. The Kier molecular flexibility index (Phi) is 5.31. The van der Waals surface area contributed by atoms with Gasteiger partial charge in [0.25, 0.3) is 0 Å². The lowest BCUT2D eigenvalue weighted by atomic mass is 10.2. The van der Waals surface area contributed by atoms with Crippen LogP contribution in [-0.2, 0) is 12.3 Å². The maximum atomic E-state index is 2.35. The molecule has 0 atom stereocenters. The molecular weight excluding hydrogens is 238 g/mol. The molecule has 94 valence electrons. The monoisotopic (exact) mass is 257 g/mol. The second-order valence-corrected chi connectivity index (χ2v) is 5.42. The number of benzene rings is 2. The highest BCUT2D eigenvalue weighted by atomic mass is 32.2. The molecule has 2 aromatic carbocycles. The number of thioether (sulfide) groups is 1. The average Bonchev–Trinajstić information content (AvgIpc) is 2.41. The summed E-state index contributed by atoms with van der Waals surface area (Å²) in [5.74, 6) is 2.14. The van der Waals surface area contributed by atoms with Crippen molar-refractivity contribution in [2.45, 2.75) is 12.3 Å². The van der Waals surface area contributed by atoms with Gasteiger partial charge in [-0.15, -0.1) is 11.8 Å². The van der Waals surface area contributed by atoms with Gasteiger partial charge in [0.1, 0.15) is 0 Å². The van der Waals surface area contributed by atoms with Crippen LogP contribution in [-0.4, -0.2) is 17.8 Å². The lowest BCUT2D eigenvalue weighted by molar-refractivity contribution is 0.386. The van der Waals surface area contributed by atoms with Crippen LogP contribution < -0.4 is 0 Å². The maximum absolute atomic E-state index is 2.35. The highest BCUT2D eigenvalue weighted by Gasteiger charge is 2.00. The highest BCUT2D eigenvalue weighted by molar-refractivity contribution is 7.98. The summed E-state index contributed by atoms with van der Waals surface area (Å²) < 4.78 is 0. The Morgan fingerprint density at radius 1 is 0.833 bits per heavy atom. The van der Waals surface area contributed by atoms with E-state index in [4.69, 9.17) is 0 Å². The normalized spacial score (nSPS) is 10.8. The summed E-state index contributed by atoms with van der Waals surface area (Å²) >= 11 is 1.96. The molecule has 0 aliphatic rings. The number of rotatable bonds is 6. The molecule has 0 aliphatic heterocycles. The van der Waals surface area contributed by atoms with Crippen molar-refractivity contribution in [3.05, 3.63) is 71.8 Å². The molecule has 0 aromatic heterocycles. The molecule has 0 amide bonds. The predicted octanol–water partition coefficient (Wildman–Crippen LogP) is 4.01. The fourth-order valence-electron chi connectivity index (χ4n) is 1.83. The van der Waals surface area contributed by atoms with E-state index in [9.17, 15) is 0 Å². The third-order valence-corrected chi connectivity index (χ3v) is 3.88. The van der Waals surface area contributed by atoms with Gasteiger partial charge in [-0.1, -0.05) is 60.7 Å². The SMILES string of the molecule is CN(CSCc1ccccc1)Cc1ccccc1. The molecule has 1 nitrogen and oxygen atoms in total. The molecule has 0 bridgehead atoms. The van der Waals surface area contributed by atoms with Crippen molar-refractivity contribution >= 4 is 11.8 Å². The van der Waals surface area contributed by atoms with Gasteiger partial charge in [-0.2, -0.15) is 0 Å². The van der Waals surface area contributed by atoms with Crippen molar-refractivity contribution in [2.75, 3.05) is 12.9 Å². The van der Waals surface area contributed by atoms with Gasteiger partial charge in [-0.05, 0) is 18.2 Å². The zero-order chi connectivity index (χ0) is 12.6. The van der Waals surface area contributed by atoms with Crippen LogP contribution in [0.5, 0.6) is 0 Å². The first-order valence-electron chi connectivity index (χ1n) is 6.19. The van der Waals surface area contributed by atoms with Crippen LogP contribution in [0.4, 0.5) is 0 Å². The van der Waals surface area contributed by atoms with Crippen LogP contribution in [0.3, 0.4) is 0 Å². The van der Waals surface area contributed by atoms with Gasteiger partial charge < -0.3 is 0 Å². The molecule has 0 unspecified atom stereocenters. The van der Waals surface area contributed by atoms with Crippen LogP contribution in [0.1, 0.15) is 11.1 Å². The molecule has 0 aliphatic carbocycles. The molecule has 0 spiro atoms. The number of nitrogens with zero attached hydrogens (tertiary/aromatic N) is 1. The van der Waals surface area contributed by atoms with Gasteiger partial charge >= 0.3 is 0 Å². The molecule has 18 heavy (non-hydrogen) atoms. The molecular formula is C16H19NS. The van der Waals surface area contributed by atoms with E-state index in [1.165, 1.54) is 11.1 Å². The summed E-state index contributed by atoms with van der Waals surface area (Å²) in [6.07, 6.45) is 0. The number of hydrogen-bond donors (Lipinski definition) is 0. The maximum Gasteiger partial charge on any atom is 0.0448 e. The standard InChI is InChI=1S/C16H19NS/c1-17(12-15-8-4-2-5-9-15)14-18-13-16-10-6-3-7-11-16/h2-11H,12-14H2,1H3. The van der Waals surface area contributed by atoms with Crippen LogP contribution in [0.25, 0.3) is 0 Å². The molecule has 2 rings (SSSR count). The van der Waals surface area contributed by atoms with E-state index in [0.29, 0.717) is 0 Å². The average molecular weight is 257 g/mol. The van der Waals surface area contributed by atoms with Crippen molar-refractivity contribution < 1.29 is 0 Å². The van der Waals surface area contributed by atoms with E-state index in [-0.39, 0.29) is 0 Å². The van der Waals surface area contributed by atoms with Crippen molar-refractivity contribution in [1.82, 2.24) is 4.90 Å². The van der Waals surface area contributed by atoms with Gasteiger partial charge in [-0.25, -0.2) is 0 Å². The highest BCUT2D eigenvalue weighted by Crippen LogP contribution is 2.13. The fraction of sp³-hybridized carbons (Fsp3) is 0.250. The third kappa shape index (κ3) is 4.55. The van der Waals surface area contributed by atoms with Crippen LogP contribution >= 0.6 is 11.8 Å². The first-order chi connectivity index (χ1) is 8.84. The molecule has 0 N–H and O–H groups in total. The lowest BCUT2D eigenvalue weighted by Crippen LogP contribution is -2.16. The zero-order valence-corrected chi connectivity index (χ0v) is 11.6. The fourth-order valence-corrected chi connectivity index (χ4v) is 2.76. The Balaban J connectivity index is 1.71. The summed E-state index contributed by atoms with van der Waals surface area (Å²) in [6, 6.07) is 21.3. The van der Waals surface area contributed by atoms with Gasteiger partial charge in [0.15, 0.2) is 0 Å². The Hall–Kier alpha value is -1.25. The molecule has 0 fully saturated rings. The van der Waals surface area contributed by atoms with Crippen molar-refractivity contribution in [2.24, 2.45) is 0 Å². The summed E-state index contributed by atoms with van der Waals surface area (Å²) in [7, 11) is 2.17. The zero-order valence-electron chi connectivity index (χ0n) is 10.8. The van der Waals surface area contributed by atoms with Crippen LogP contribution in [0.15, 0.2) is 60.7 Å². The molecule has 0 radical (unpaired) electrons. The van der Waals surface area contributed by atoms with Crippen molar-refractivity contribution in [3.8, 4) is 0 Å². The van der Waals surface area contributed by atoms with Crippen molar-refractivity contribution in [3.63, 3.8) is 0 Å². The lowest BCUT2D eigenvalue weighted by Gasteiger charge is -2.16. The number of hydrogen-bond acceptors (Lipinski definition) is 2. The minimum absolute atomic E-state index is 1.02. The quantitative estimate of drug-likeness (QED) is 0.719. The molecule has 2 aromatic rings. The molecule has 0 saturated heterocycles. The van der Waals surface area contributed by atoms with Crippen molar-refractivity contribution in [1.29, 1.82) is 0 Å². The van der Waals surface area contributed by atoms with E-state index in [1.54, 1.807) is 0 Å². The Morgan fingerprint density at radius 3 is 2.00 bits per heavy atom. The topological polar surface area (TPSA) is 3.24 Å². The molecule has 0 saturated carbocycles. The van der Waals surface area contributed by atoms with E-state index in [0.717, 1.165) is 18.2 Å². The van der Waals surface area contributed by atoms with Gasteiger partial charge in [0.05, 0.1) is 0 Å². The van der Waals surface area contributed by atoms with Gasteiger partial charge in [-0.3, -0.25) is 4.90 Å². The molecule has 0 heterocycles. The summed E-state index contributed by atoms with van der Waals surface area (Å²) in [4.78, 5) is 2.35. The second kappa shape index (κ2) is 7.24. The first kappa shape index (κ1) is 13.2. The van der Waals surface area contributed by atoms with E-state index in [2.05, 4.69) is 72.6 Å². The van der Waals surface area contributed by atoms with Gasteiger partial charge in [0, 0.05) is 18.2 Å². The minimum Gasteiger partial charge on any atom is -0.293 e. The van der Waals surface area contributed by atoms with E-state index < -0.39 is 0 Å². The van der Waals surface area contributed by atoms with Crippen LogP contribution in [0, 0.1) is 0 Å². The predicted molar refractivity (Wildman–Crippen MR) is 80.5 cm³/mol. The first-order valence-corrected chi connectivity index (χ1v) is 7.34. The Morgan fingerprint density at radius 2 is 1.39 bits per heavy atom. The van der Waals surface area contributed by atoms with Crippen LogP contribution in [0.2, 0.25) is 0 Å². The third-order valence-electron chi connectivity index (χ3n) is 2.72. The summed E-state index contributed by atoms with van der Waals surface area (Å²) in [6.45, 7) is 1.02. The Bertz CT molecular complexity index is 441. The second-order valence-electron chi connectivity index (χ2n) is 4.46. The minimum atomic E-state index is 1.02. The van der Waals surface area contributed by atoms with E-state index in [1.807, 2.05) is 11.8 Å². The Labute approximate surface area is 114 Å². The molecule has 2 heteroatoms.